The fraction of sp³-hybridized carbons (Fsp3) is 0.531. The van der Waals surface area contributed by atoms with Crippen LogP contribution >= 0.6 is 0 Å². The lowest BCUT2D eigenvalue weighted by Crippen LogP contribution is -2.00. The minimum atomic E-state index is -0.963. The second kappa shape index (κ2) is 17.1. The molecule has 1 N–H and O–H groups in total. The summed E-state index contributed by atoms with van der Waals surface area (Å²) in [5.41, 5.74) is 3.73. The van der Waals surface area contributed by atoms with E-state index >= 15 is 0 Å². The van der Waals surface area contributed by atoms with E-state index in [9.17, 15) is 14.3 Å². The SMILES string of the molecule is CCCCCCCCCCc1ccc(-c2cc(C=C(F)CCCCCCC)ccc2C(=O)O)cc1. The highest BCUT2D eigenvalue weighted by Crippen LogP contribution is 2.28. The van der Waals surface area contributed by atoms with Crippen molar-refractivity contribution in [2.24, 2.45) is 0 Å². The second-order valence-electron chi connectivity index (χ2n) is 9.79. The first-order valence-electron chi connectivity index (χ1n) is 13.9. The molecule has 0 aliphatic rings. The van der Waals surface area contributed by atoms with Crippen LogP contribution in [0.2, 0.25) is 0 Å². The van der Waals surface area contributed by atoms with Crippen molar-refractivity contribution < 1.29 is 14.3 Å². The molecule has 192 valence electrons. The number of carbonyl (C=O) groups is 1. The Kier molecular flexibility index (Phi) is 14.1. The maximum Gasteiger partial charge on any atom is 0.336 e. The van der Waals surface area contributed by atoms with Gasteiger partial charge in [-0.25, -0.2) is 9.18 Å². The van der Waals surface area contributed by atoms with Gasteiger partial charge in [-0.3, -0.25) is 0 Å². The molecule has 0 heterocycles. The van der Waals surface area contributed by atoms with Gasteiger partial charge in [-0.1, -0.05) is 115 Å². The Bertz CT molecular complexity index is 898. The molecule has 0 aromatic heterocycles. The summed E-state index contributed by atoms with van der Waals surface area (Å²) >= 11 is 0. The Labute approximate surface area is 212 Å². The Morgan fingerprint density at radius 3 is 1.94 bits per heavy atom. The fourth-order valence-electron chi connectivity index (χ4n) is 4.54. The van der Waals surface area contributed by atoms with Gasteiger partial charge in [0.1, 0.15) is 5.83 Å². The highest BCUT2D eigenvalue weighted by Gasteiger charge is 2.13. The number of rotatable bonds is 18. The number of hydrogen-bond donors (Lipinski definition) is 1. The maximum atomic E-state index is 14.4. The number of halogens is 1. The van der Waals surface area contributed by atoms with Gasteiger partial charge >= 0.3 is 5.97 Å². The summed E-state index contributed by atoms with van der Waals surface area (Å²) in [6, 6.07) is 13.3. The Balaban J connectivity index is 1.97. The average molecular weight is 481 g/mol. The molecular formula is C32H45FO2. The molecule has 2 rings (SSSR count). The van der Waals surface area contributed by atoms with Gasteiger partial charge in [0.05, 0.1) is 5.56 Å². The van der Waals surface area contributed by atoms with E-state index in [1.54, 1.807) is 24.3 Å². The van der Waals surface area contributed by atoms with Gasteiger partial charge in [0.15, 0.2) is 0 Å². The Morgan fingerprint density at radius 2 is 1.34 bits per heavy atom. The summed E-state index contributed by atoms with van der Waals surface area (Å²) in [6.07, 6.45) is 18.9. The van der Waals surface area contributed by atoms with E-state index in [-0.39, 0.29) is 11.4 Å². The van der Waals surface area contributed by atoms with Gasteiger partial charge in [0.2, 0.25) is 0 Å². The summed E-state index contributed by atoms with van der Waals surface area (Å²) in [4.78, 5) is 11.8. The molecule has 35 heavy (non-hydrogen) atoms. The molecule has 0 aliphatic heterocycles. The van der Waals surface area contributed by atoms with Crippen molar-refractivity contribution in [2.75, 3.05) is 0 Å². The predicted octanol–water partition coefficient (Wildman–Crippen LogP) is 10.4. The standard InChI is InChI=1S/C32H45FO2/c1-3-5-7-9-10-11-13-14-16-26-18-21-28(22-19-26)31-25-27(20-23-30(31)32(34)35)24-29(33)17-15-12-8-6-4-2/h18-25H,3-17H2,1-2H3,(H,34,35). The van der Waals surface area contributed by atoms with Gasteiger partial charge in [0.25, 0.3) is 0 Å². The van der Waals surface area contributed by atoms with Crippen molar-refractivity contribution in [2.45, 2.75) is 110 Å². The van der Waals surface area contributed by atoms with Crippen LogP contribution in [0.4, 0.5) is 4.39 Å². The topological polar surface area (TPSA) is 37.3 Å². The van der Waals surface area contributed by atoms with Crippen molar-refractivity contribution in [1.29, 1.82) is 0 Å². The van der Waals surface area contributed by atoms with Gasteiger partial charge in [-0.2, -0.15) is 0 Å². The van der Waals surface area contributed by atoms with E-state index < -0.39 is 5.97 Å². The molecular weight excluding hydrogens is 435 g/mol. The zero-order valence-corrected chi connectivity index (χ0v) is 22.0. The molecule has 0 unspecified atom stereocenters. The molecule has 2 nitrogen and oxygen atoms in total. The third kappa shape index (κ3) is 11.2. The molecule has 3 heteroatoms. The van der Waals surface area contributed by atoms with Gasteiger partial charge in [0, 0.05) is 0 Å². The molecule has 2 aromatic rings. The maximum absolute atomic E-state index is 14.4. The minimum absolute atomic E-state index is 0.142. The van der Waals surface area contributed by atoms with Crippen LogP contribution in [0, 0.1) is 0 Å². The molecule has 0 saturated carbocycles. The third-order valence-corrected chi connectivity index (χ3v) is 6.70. The van der Waals surface area contributed by atoms with E-state index in [1.165, 1.54) is 69.8 Å². The van der Waals surface area contributed by atoms with Crippen LogP contribution in [0.3, 0.4) is 0 Å². The summed E-state index contributed by atoms with van der Waals surface area (Å²) in [5, 5.41) is 9.69. The van der Waals surface area contributed by atoms with Crippen molar-refractivity contribution in [3.63, 3.8) is 0 Å². The molecule has 0 saturated heterocycles. The molecule has 0 fully saturated rings. The number of benzene rings is 2. The van der Waals surface area contributed by atoms with Crippen LogP contribution in [0.1, 0.15) is 125 Å². The molecule has 0 bridgehead atoms. The van der Waals surface area contributed by atoms with Crippen LogP contribution < -0.4 is 0 Å². The number of aromatic carboxylic acids is 1. The van der Waals surface area contributed by atoms with Gasteiger partial charge in [-0.05, 0) is 66.1 Å². The highest BCUT2D eigenvalue weighted by atomic mass is 19.1. The van der Waals surface area contributed by atoms with Gasteiger partial charge < -0.3 is 5.11 Å². The Hall–Kier alpha value is -2.42. The summed E-state index contributed by atoms with van der Waals surface area (Å²) in [5.74, 6) is -1.11. The lowest BCUT2D eigenvalue weighted by atomic mass is 9.95. The number of hydrogen-bond acceptors (Lipinski definition) is 1. The number of carboxylic acids is 1. The van der Waals surface area contributed by atoms with E-state index in [4.69, 9.17) is 0 Å². The van der Waals surface area contributed by atoms with Gasteiger partial charge in [-0.15, -0.1) is 0 Å². The Morgan fingerprint density at radius 1 is 0.771 bits per heavy atom. The van der Waals surface area contributed by atoms with Crippen LogP contribution in [0.25, 0.3) is 17.2 Å². The lowest BCUT2D eigenvalue weighted by molar-refractivity contribution is 0.0697. The number of unbranched alkanes of at least 4 members (excludes halogenated alkanes) is 11. The second-order valence-corrected chi connectivity index (χ2v) is 9.79. The van der Waals surface area contributed by atoms with Crippen LogP contribution in [0.5, 0.6) is 0 Å². The smallest absolute Gasteiger partial charge is 0.336 e. The first-order chi connectivity index (χ1) is 17.0. The highest BCUT2D eigenvalue weighted by molar-refractivity contribution is 5.96. The quantitative estimate of drug-likeness (QED) is 0.215. The summed E-state index contributed by atoms with van der Waals surface area (Å²) < 4.78 is 14.4. The summed E-state index contributed by atoms with van der Waals surface area (Å²) in [7, 11) is 0. The normalized spacial score (nSPS) is 11.7. The van der Waals surface area contributed by atoms with Crippen molar-refractivity contribution in [3.8, 4) is 11.1 Å². The minimum Gasteiger partial charge on any atom is -0.478 e. The summed E-state index contributed by atoms with van der Waals surface area (Å²) in [6.45, 7) is 4.42. The van der Waals surface area contributed by atoms with E-state index in [1.807, 2.05) is 12.1 Å². The van der Waals surface area contributed by atoms with Crippen LogP contribution in [-0.4, -0.2) is 11.1 Å². The van der Waals surface area contributed by atoms with E-state index in [2.05, 4.69) is 26.0 Å². The number of aryl methyl sites for hydroxylation is 1. The molecule has 0 amide bonds. The van der Waals surface area contributed by atoms with Crippen molar-refractivity contribution in [3.05, 3.63) is 65.0 Å². The zero-order chi connectivity index (χ0) is 25.3. The van der Waals surface area contributed by atoms with E-state index in [0.717, 1.165) is 31.2 Å². The van der Waals surface area contributed by atoms with Crippen molar-refractivity contribution in [1.82, 2.24) is 0 Å². The molecule has 0 aliphatic carbocycles. The third-order valence-electron chi connectivity index (χ3n) is 6.70. The van der Waals surface area contributed by atoms with Crippen LogP contribution in [0.15, 0.2) is 48.3 Å². The molecule has 0 radical (unpaired) electrons. The number of allylic oxidation sites excluding steroid dienone is 1. The fourth-order valence-corrected chi connectivity index (χ4v) is 4.54. The lowest BCUT2D eigenvalue weighted by Gasteiger charge is -2.10. The van der Waals surface area contributed by atoms with Crippen molar-refractivity contribution >= 4 is 12.0 Å². The molecule has 0 atom stereocenters. The average Bonchev–Trinajstić information content (AvgIpc) is 2.85. The largest absolute Gasteiger partial charge is 0.478 e. The number of carboxylic acid groups (broad SMARTS) is 1. The van der Waals surface area contributed by atoms with E-state index in [0.29, 0.717) is 17.5 Å². The van der Waals surface area contributed by atoms with Crippen LogP contribution in [-0.2, 0) is 6.42 Å². The first-order valence-corrected chi connectivity index (χ1v) is 13.9. The molecule has 0 spiro atoms. The zero-order valence-electron chi connectivity index (χ0n) is 22.0. The first kappa shape index (κ1) is 28.8. The molecule has 2 aromatic carbocycles. The predicted molar refractivity (Wildman–Crippen MR) is 148 cm³/mol. The monoisotopic (exact) mass is 480 g/mol.